The number of halogens is 1. The first-order chi connectivity index (χ1) is 15.0. The van der Waals surface area contributed by atoms with Crippen molar-refractivity contribution in [3.63, 3.8) is 0 Å². The summed E-state index contributed by atoms with van der Waals surface area (Å²) in [6.07, 6.45) is 0.560. The molecular weight excluding hydrogens is 433 g/mol. The molecule has 1 heterocycles. The second-order valence-electron chi connectivity index (χ2n) is 8.42. The Kier molecular flexibility index (Phi) is 7.00. The molecule has 2 N–H and O–H groups in total. The molecule has 1 aliphatic heterocycles. The van der Waals surface area contributed by atoms with E-state index < -0.39 is 22.0 Å². The molecule has 0 unspecified atom stereocenters. The lowest BCUT2D eigenvalue weighted by Gasteiger charge is -2.22. The first kappa shape index (κ1) is 23.9. The van der Waals surface area contributed by atoms with Crippen LogP contribution in [0.4, 0.5) is 10.1 Å². The van der Waals surface area contributed by atoms with Crippen LogP contribution >= 0.6 is 0 Å². The molecule has 0 aromatic heterocycles. The molecule has 0 aliphatic carbocycles. The van der Waals surface area contributed by atoms with Crippen molar-refractivity contribution in [3.05, 3.63) is 59.4 Å². The Hall–Kier alpha value is -2.78. The normalized spacial score (nSPS) is 16.7. The molecule has 2 aromatic rings. The maximum atomic E-state index is 13.0. The molecule has 0 spiro atoms. The van der Waals surface area contributed by atoms with E-state index in [1.165, 1.54) is 25.1 Å². The topological polar surface area (TPSA) is 95.6 Å². The maximum Gasteiger partial charge on any atom is 0.241 e. The van der Waals surface area contributed by atoms with Crippen LogP contribution in [0.1, 0.15) is 38.8 Å². The van der Waals surface area contributed by atoms with Crippen molar-refractivity contribution in [2.24, 2.45) is 5.92 Å². The summed E-state index contributed by atoms with van der Waals surface area (Å²) in [5, 5.41) is 2.71. The first-order valence-electron chi connectivity index (χ1n) is 10.5. The SMILES string of the molecule is CC(=O)N1c2ccc(S(=O)(=O)N[C@H](C(=O)NCc3ccc(F)cc3)C(C)C)cc2C[C@H]1C. The largest absolute Gasteiger partial charge is 0.351 e. The number of carbonyl (C=O) groups is 2. The number of carbonyl (C=O) groups excluding carboxylic acids is 2. The Bertz CT molecular complexity index is 1120. The highest BCUT2D eigenvalue weighted by Gasteiger charge is 2.32. The van der Waals surface area contributed by atoms with Crippen LogP contribution in [0.2, 0.25) is 0 Å². The molecule has 0 saturated heterocycles. The van der Waals surface area contributed by atoms with Crippen LogP contribution in [0.5, 0.6) is 0 Å². The molecule has 3 rings (SSSR count). The predicted molar refractivity (Wildman–Crippen MR) is 120 cm³/mol. The van der Waals surface area contributed by atoms with Crippen LogP contribution in [-0.4, -0.2) is 32.3 Å². The van der Waals surface area contributed by atoms with Gasteiger partial charge in [0.2, 0.25) is 21.8 Å². The predicted octanol–water partition coefficient (Wildman–Crippen LogP) is 2.74. The maximum absolute atomic E-state index is 13.0. The zero-order valence-electron chi connectivity index (χ0n) is 18.6. The third-order valence-electron chi connectivity index (χ3n) is 5.53. The summed E-state index contributed by atoms with van der Waals surface area (Å²) in [6, 6.07) is 9.32. The van der Waals surface area contributed by atoms with Gasteiger partial charge >= 0.3 is 0 Å². The number of sulfonamides is 1. The van der Waals surface area contributed by atoms with E-state index >= 15 is 0 Å². The molecule has 0 saturated carbocycles. The van der Waals surface area contributed by atoms with Crippen LogP contribution in [-0.2, 0) is 32.6 Å². The van der Waals surface area contributed by atoms with Crippen molar-refractivity contribution >= 4 is 27.5 Å². The van der Waals surface area contributed by atoms with Gasteiger partial charge in [0.25, 0.3) is 0 Å². The fraction of sp³-hybridized carbons (Fsp3) is 0.391. The molecule has 2 aromatic carbocycles. The molecule has 0 radical (unpaired) electrons. The Morgan fingerprint density at radius 3 is 2.41 bits per heavy atom. The minimum absolute atomic E-state index is 0.0471. The van der Waals surface area contributed by atoms with Gasteiger partial charge in [0.05, 0.1) is 4.90 Å². The average molecular weight is 462 g/mol. The molecule has 172 valence electrons. The van der Waals surface area contributed by atoms with E-state index in [2.05, 4.69) is 10.0 Å². The van der Waals surface area contributed by atoms with Gasteiger partial charge in [0, 0.05) is 25.2 Å². The molecule has 7 nitrogen and oxygen atoms in total. The molecule has 9 heteroatoms. The molecular formula is C23H28FN3O4S. The summed E-state index contributed by atoms with van der Waals surface area (Å²) < 4.78 is 41.7. The number of hydrogen-bond donors (Lipinski definition) is 2. The standard InChI is InChI=1S/C23H28FN3O4S/c1-14(2)22(23(29)25-13-17-5-7-19(24)8-6-17)26-32(30,31)20-9-10-21-18(12-20)11-15(3)27(21)16(4)28/h5-10,12,14-15,22,26H,11,13H2,1-4H3,(H,25,29)/t15-,22+/m1/s1. The summed E-state index contributed by atoms with van der Waals surface area (Å²) in [5.41, 5.74) is 2.19. The monoisotopic (exact) mass is 461 g/mol. The third-order valence-corrected chi connectivity index (χ3v) is 6.97. The highest BCUT2D eigenvalue weighted by Crippen LogP contribution is 2.34. The van der Waals surface area contributed by atoms with Crippen molar-refractivity contribution in [3.8, 4) is 0 Å². The molecule has 0 bridgehead atoms. The highest BCUT2D eigenvalue weighted by atomic mass is 32.2. The number of fused-ring (bicyclic) bond motifs is 1. The second-order valence-corrected chi connectivity index (χ2v) is 10.1. The molecule has 1 aliphatic rings. The van der Waals surface area contributed by atoms with Crippen LogP contribution in [0.15, 0.2) is 47.4 Å². The minimum Gasteiger partial charge on any atom is -0.351 e. The summed E-state index contributed by atoms with van der Waals surface area (Å²) >= 11 is 0. The van der Waals surface area contributed by atoms with Gasteiger partial charge in [-0.25, -0.2) is 12.8 Å². The van der Waals surface area contributed by atoms with E-state index in [-0.39, 0.29) is 35.1 Å². The highest BCUT2D eigenvalue weighted by molar-refractivity contribution is 7.89. The van der Waals surface area contributed by atoms with Gasteiger partial charge in [-0.1, -0.05) is 26.0 Å². The van der Waals surface area contributed by atoms with Crippen molar-refractivity contribution in [1.82, 2.24) is 10.0 Å². The fourth-order valence-corrected chi connectivity index (χ4v) is 5.28. The van der Waals surface area contributed by atoms with Crippen LogP contribution in [0, 0.1) is 11.7 Å². The summed E-state index contributed by atoms with van der Waals surface area (Å²) in [5.74, 6) is -1.24. The molecule has 2 atom stereocenters. The lowest BCUT2D eigenvalue weighted by Crippen LogP contribution is -2.49. The number of nitrogens with zero attached hydrogens (tertiary/aromatic N) is 1. The number of hydrogen-bond acceptors (Lipinski definition) is 4. The zero-order valence-corrected chi connectivity index (χ0v) is 19.4. The van der Waals surface area contributed by atoms with Crippen molar-refractivity contribution in [2.45, 2.75) is 57.6 Å². The van der Waals surface area contributed by atoms with E-state index in [0.717, 1.165) is 5.56 Å². The number of benzene rings is 2. The minimum atomic E-state index is -3.98. The van der Waals surface area contributed by atoms with Gasteiger partial charge in [-0.05, 0) is 60.7 Å². The van der Waals surface area contributed by atoms with Gasteiger partial charge in [-0.2, -0.15) is 4.72 Å². The number of amides is 2. The van der Waals surface area contributed by atoms with Gasteiger partial charge in [-0.15, -0.1) is 0 Å². The van der Waals surface area contributed by atoms with E-state index in [4.69, 9.17) is 0 Å². The third kappa shape index (κ3) is 5.16. The number of nitrogens with one attached hydrogen (secondary N) is 2. The quantitative estimate of drug-likeness (QED) is 0.663. The summed E-state index contributed by atoms with van der Waals surface area (Å²) in [6.45, 7) is 7.05. The van der Waals surface area contributed by atoms with E-state index in [1.54, 1.807) is 43.0 Å². The summed E-state index contributed by atoms with van der Waals surface area (Å²) in [4.78, 5) is 26.3. The van der Waals surface area contributed by atoms with Crippen LogP contribution in [0.3, 0.4) is 0 Å². The lowest BCUT2D eigenvalue weighted by molar-refractivity contribution is -0.123. The van der Waals surface area contributed by atoms with E-state index in [0.29, 0.717) is 17.7 Å². The van der Waals surface area contributed by atoms with Gasteiger partial charge < -0.3 is 10.2 Å². The first-order valence-corrected chi connectivity index (χ1v) is 11.9. The molecule has 0 fully saturated rings. The van der Waals surface area contributed by atoms with E-state index in [1.807, 2.05) is 6.92 Å². The average Bonchev–Trinajstić information content (AvgIpc) is 3.06. The Balaban J connectivity index is 1.75. The zero-order chi connectivity index (χ0) is 23.6. The summed E-state index contributed by atoms with van der Waals surface area (Å²) in [7, 11) is -3.98. The van der Waals surface area contributed by atoms with Gasteiger partial charge in [0.15, 0.2) is 0 Å². The molecule has 2 amide bonds. The van der Waals surface area contributed by atoms with Crippen LogP contribution in [0.25, 0.3) is 0 Å². The van der Waals surface area contributed by atoms with Gasteiger partial charge in [0.1, 0.15) is 11.9 Å². The number of rotatable bonds is 7. The fourth-order valence-electron chi connectivity index (χ4n) is 3.88. The smallest absolute Gasteiger partial charge is 0.241 e. The molecule has 32 heavy (non-hydrogen) atoms. The Morgan fingerprint density at radius 1 is 1.16 bits per heavy atom. The Morgan fingerprint density at radius 2 is 1.81 bits per heavy atom. The second kappa shape index (κ2) is 9.38. The lowest BCUT2D eigenvalue weighted by atomic mass is 10.0. The number of anilines is 1. The Labute approximate surface area is 188 Å². The van der Waals surface area contributed by atoms with Crippen LogP contribution < -0.4 is 14.9 Å². The van der Waals surface area contributed by atoms with Crippen molar-refractivity contribution in [1.29, 1.82) is 0 Å². The van der Waals surface area contributed by atoms with Crippen molar-refractivity contribution in [2.75, 3.05) is 4.90 Å². The van der Waals surface area contributed by atoms with Crippen molar-refractivity contribution < 1.29 is 22.4 Å². The van der Waals surface area contributed by atoms with E-state index in [9.17, 15) is 22.4 Å². The van der Waals surface area contributed by atoms with Gasteiger partial charge in [-0.3, -0.25) is 9.59 Å².